The zero-order valence-corrected chi connectivity index (χ0v) is 13.6. The summed E-state index contributed by atoms with van der Waals surface area (Å²) in [7, 11) is 0. The van der Waals surface area contributed by atoms with Crippen molar-refractivity contribution in [3.05, 3.63) is 76.3 Å². The van der Waals surface area contributed by atoms with Crippen LogP contribution in [0, 0.1) is 5.82 Å². The van der Waals surface area contributed by atoms with Crippen molar-refractivity contribution in [1.82, 2.24) is 9.55 Å². The molecule has 0 saturated heterocycles. The van der Waals surface area contributed by atoms with Crippen molar-refractivity contribution in [1.29, 1.82) is 0 Å². The van der Waals surface area contributed by atoms with Gasteiger partial charge in [-0.3, -0.25) is 9.36 Å². The number of aromatic nitrogens is 2. The number of para-hydroxylation sites is 1. The molecule has 2 aromatic carbocycles. The molecule has 0 radical (unpaired) electrons. The van der Waals surface area contributed by atoms with Gasteiger partial charge in [0.2, 0.25) is 0 Å². The Balaban J connectivity index is 2.31. The van der Waals surface area contributed by atoms with Gasteiger partial charge in [0.25, 0.3) is 5.56 Å². The third kappa shape index (κ3) is 3.02. The first-order chi connectivity index (χ1) is 11.1. The molecule has 0 saturated carbocycles. The lowest BCUT2D eigenvalue weighted by Crippen LogP contribution is -2.21. The number of fused-ring (bicyclic) bond motifs is 1. The highest BCUT2D eigenvalue weighted by molar-refractivity contribution is 7.99. The average Bonchev–Trinajstić information content (AvgIpc) is 2.56. The van der Waals surface area contributed by atoms with Gasteiger partial charge in [0.15, 0.2) is 5.16 Å². The number of rotatable bonds is 4. The first-order valence-corrected chi connectivity index (χ1v) is 8.19. The Labute approximate surface area is 141 Å². The molecule has 116 valence electrons. The minimum atomic E-state index is -0.530. The van der Waals surface area contributed by atoms with E-state index in [2.05, 4.69) is 11.6 Å². The smallest absolute Gasteiger partial charge is 0.266 e. The summed E-state index contributed by atoms with van der Waals surface area (Å²) < 4.78 is 14.9. The van der Waals surface area contributed by atoms with Gasteiger partial charge in [-0.1, -0.05) is 41.6 Å². The fourth-order valence-corrected chi connectivity index (χ4v) is 3.12. The Morgan fingerprint density at radius 3 is 2.83 bits per heavy atom. The van der Waals surface area contributed by atoms with E-state index >= 15 is 0 Å². The number of thioether (sulfide) groups is 1. The highest BCUT2D eigenvalue weighted by Gasteiger charge is 2.14. The summed E-state index contributed by atoms with van der Waals surface area (Å²) >= 11 is 7.24. The van der Waals surface area contributed by atoms with E-state index in [0.29, 0.717) is 27.5 Å². The molecule has 0 amide bonds. The van der Waals surface area contributed by atoms with Crippen LogP contribution in [-0.2, 0) is 0 Å². The molecule has 1 heterocycles. The quantitative estimate of drug-likeness (QED) is 0.397. The Hall–Kier alpha value is -2.11. The molecule has 23 heavy (non-hydrogen) atoms. The lowest BCUT2D eigenvalue weighted by molar-refractivity contribution is 0.627. The monoisotopic (exact) mass is 346 g/mol. The van der Waals surface area contributed by atoms with Crippen molar-refractivity contribution < 1.29 is 4.39 Å². The molecule has 0 aliphatic carbocycles. The predicted octanol–water partition coefficient (Wildman–Crippen LogP) is 4.46. The number of hydrogen-bond acceptors (Lipinski definition) is 3. The van der Waals surface area contributed by atoms with Crippen molar-refractivity contribution in [2.24, 2.45) is 0 Å². The van der Waals surface area contributed by atoms with Crippen LogP contribution in [-0.4, -0.2) is 15.3 Å². The molecule has 0 aliphatic rings. The van der Waals surface area contributed by atoms with E-state index in [1.165, 1.54) is 34.5 Å². The maximum Gasteiger partial charge on any atom is 0.266 e. The van der Waals surface area contributed by atoms with Gasteiger partial charge in [-0.05, 0) is 30.3 Å². The minimum absolute atomic E-state index is 0.0396. The topological polar surface area (TPSA) is 34.9 Å². The highest BCUT2D eigenvalue weighted by atomic mass is 35.5. The SMILES string of the molecule is C=CCSc1nc2ccccc2c(=O)n1-c1ccc(F)c(Cl)c1. The van der Waals surface area contributed by atoms with Crippen molar-refractivity contribution in [3.63, 3.8) is 0 Å². The maximum absolute atomic E-state index is 13.4. The van der Waals surface area contributed by atoms with Crippen LogP contribution in [0.5, 0.6) is 0 Å². The van der Waals surface area contributed by atoms with E-state index in [-0.39, 0.29) is 10.6 Å². The van der Waals surface area contributed by atoms with Gasteiger partial charge in [0, 0.05) is 5.75 Å². The molecule has 3 rings (SSSR count). The fourth-order valence-electron chi connectivity index (χ4n) is 2.19. The van der Waals surface area contributed by atoms with Crippen LogP contribution in [0.2, 0.25) is 5.02 Å². The zero-order chi connectivity index (χ0) is 16.4. The maximum atomic E-state index is 13.4. The summed E-state index contributed by atoms with van der Waals surface area (Å²) in [6.07, 6.45) is 1.73. The Bertz CT molecular complexity index is 955. The van der Waals surface area contributed by atoms with Crippen LogP contribution >= 0.6 is 23.4 Å². The molecule has 6 heteroatoms. The van der Waals surface area contributed by atoms with Crippen molar-refractivity contribution in [2.75, 3.05) is 5.75 Å². The summed E-state index contributed by atoms with van der Waals surface area (Å²) in [5, 5.41) is 0.967. The molecule has 3 aromatic rings. The molecule has 1 aromatic heterocycles. The van der Waals surface area contributed by atoms with Gasteiger partial charge in [-0.25, -0.2) is 9.37 Å². The van der Waals surface area contributed by atoms with Crippen LogP contribution in [0.3, 0.4) is 0 Å². The Kier molecular flexibility index (Phi) is 4.50. The van der Waals surface area contributed by atoms with Crippen LogP contribution in [0.1, 0.15) is 0 Å². The van der Waals surface area contributed by atoms with E-state index in [1.807, 2.05) is 6.07 Å². The normalized spacial score (nSPS) is 10.9. The molecule has 0 aliphatic heterocycles. The zero-order valence-electron chi connectivity index (χ0n) is 12.0. The van der Waals surface area contributed by atoms with E-state index in [0.717, 1.165) is 0 Å². The lowest BCUT2D eigenvalue weighted by Gasteiger charge is -2.13. The number of nitrogens with zero attached hydrogens (tertiary/aromatic N) is 2. The molecule has 0 unspecified atom stereocenters. The summed E-state index contributed by atoms with van der Waals surface area (Å²) in [6.45, 7) is 3.68. The molecule has 0 bridgehead atoms. The molecule has 0 N–H and O–H groups in total. The first-order valence-electron chi connectivity index (χ1n) is 6.82. The number of halogens is 2. The van der Waals surface area contributed by atoms with Crippen LogP contribution in [0.25, 0.3) is 16.6 Å². The van der Waals surface area contributed by atoms with Crippen LogP contribution in [0.15, 0.2) is 65.1 Å². The largest absolute Gasteiger partial charge is 0.268 e. The molecular weight excluding hydrogens is 335 g/mol. The Morgan fingerprint density at radius 2 is 2.09 bits per heavy atom. The fraction of sp³-hybridized carbons (Fsp3) is 0.0588. The van der Waals surface area contributed by atoms with Crippen LogP contribution in [0.4, 0.5) is 4.39 Å². The van der Waals surface area contributed by atoms with E-state index in [9.17, 15) is 9.18 Å². The van der Waals surface area contributed by atoms with Crippen LogP contribution < -0.4 is 5.56 Å². The van der Waals surface area contributed by atoms with E-state index in [1.54, 1.807) is 24.3 Å². The van der Waals surface area contributed by atoms with Gasteiger partial charge < -0.3 is 0 Å². The summed E-state index contributed by atoms with van der Waals surface area (Å²) in [4.78, 5) is 17.4. The standard InChI is InChI=1S/C17H12ClFN2OS/c1-2-9-23-17-20-15-6-4-3-5-12(15)16(22)21(17)11-7-8-14(19)13(18)10-11/h2-8,10H,1,9H2. The highest BCUT2D eigenvalue weighted by Crippen LogP contribution is 2.24. The van der Waals surface area contributed by atoms with E-state index < -0.39 is 5.82 Å². The molecule has 0 spiro atoms. The summed E-state index contributed by atoms with van der Waals surface area (Å²) in [6, 6.07) is 11.3. The Morgan fingerprint density at radius 1 is 1.30 bits per heavy atom. The van der Waals surface area contributed by atoms with Crippen molar-refractivity contribution >= 4 is 34.3 Å². The summed E-state index contributed by atoms with van der Waals surface area (Å²) in [5.74, 6) is 0.0668. The van der Waals surface area contributed by atoms with Gasteiger partial charge in [-0.15, -0.1) is 6.58 Å². The van der Waals surface area contributed by atoms with E-state index in [4.69, 9.17) is 11.6 Å². The van der Waals surface area contributed by atoms with Crippen molar-refractivity contribution in [3.8, 4) is 5.69 Å². The third-order valence-corrected chi connectivity index (χ3v) is 4.46. The third-order valence-electron chi connectivity index (χ3n) is 3.24. The predicted molar refractivity (Wildman–Crippen MR) is 93.2 cm³/mol. The first kappa shape index (κ1) is 15.8. The second kappa shape index (κ2) is 6.56. The average molecular weight is 347 g/mol. The second-order valence-electron chi connectivity index (χ2n) is 4.75. The van der Waals surface area contributed by atoms with Gasteiger partial charge in [-0.2, -0.15) is 0 Å². The number of benzene rings is 2. The second-order valence-corrected chi connectivity index (χ2v) is 6.14. The molecular formula is C17H12ClFN2OS. The van der Waals surface area contributed by atoms with Crippen molar-refractivity contribution in [2.45, 2.75) is 5.16 Å². The minimum Gasteiger partial charge on any atom is -0.268 e. The van der Waals surface area contributed by atoms with Gasteiger partial charge in [0.05, 0.1) is 21.6 Å². The summed E-state index contributed by atoms with van der Waals surface area (Å²) in [5.41, 5.74) is 0.879. The van der Waals surface area contributed by atoms with Gasteiger partial charge in [0.1, 0.15) is 5.82 Å². The number of hydrogen-bond donors (Lipinski definition) is 0. The molecule has 3 nitrogen and oxygen atoms in total. The van der Waals surface area contributed by atoms with Gasteiger partial charge >= 0.3 is 0 Å². The molecule has 0 atom stereocenters. The lowest BCUT2D eigenvalue weighted by atomic mass is 10.2. The molecule has 0 fully saturated rings.